The first kappa shape index (κ1) is 14.9. The highest BCUT2D eigenvalue weighted by atomic mass is 32.1. The number of aryl methyl sites for hydroxylation is 1. The molecule has 23 heavy (non-hydrogen) atoms. The topological polar surface area (TPSA) is 41.0 Å². The third-order valence-electron chi connectivity index (χ3n) is 4.62. The summed E-state index contributed by atoms with van der Waals surface area (Å²) in [5.74, 6) is 1.76. The van der Waals surface area contributed by atoms with E-state index in [0.717, 1.165) is 49.8 Å². The molecular weight excluding hydrogens is 308 g/mol. The predicted octanol–water partition coefficient (Wildman–Crippen LogP) is 3.11. The van der Waals surface area contributed by atoms with E-state index in [0.29, 0.717) is 5.92 Å². The summed E-state index contributed by atoms with van der Waals surface area (Å²) in [6, 6.07) is 0. The Bertz CT molecular complexity index is 685. The van der Waals surface area contributed by atoms with E-state index >= 15 is 0 Å². The van der Waals surface area contributed by atoms with Gasteiger partial charge < -0.3 is 14.5 Å². The normalized spacial score (nSPS) is 21.9. The lowest BCUT2D eigenvalue weighted by Gasteiger charge is -2.33. The largest absolute Gasteiger partial charge is 0.381 e. The van der Waals surface area contributed by atoms with Crippen molar-refractivity contribution in [1.29, 1.82) is 0 Å². The molecule has 4 heterocycles. The predicted molar refractivity (Wildman–Crippen MR) is 91.9 cm³/mol. The summed E-state index contributed by atoms with van der Waals surface area (Å²) in [4.78, 5) is 14.0. The molecule has 0 amide bonds. The van der Waals surface area contributed by atoms with Crippen LogP contribution in [0.15, 0.2) is 34.2 Å². The highest BCUT2D eigenvalue weighted by Gasteiger charge is 2.31. The second-order valence-electron chi connectivity index (χ2n) is 6.31. The summed E-state index contributed by atoms with van der Waals surface area (Å²) < 4.78 is 5.48. The maximum Gasteiger partial charge on any atom is 0.111 e. The van der Waals surface area contributed by atoms with Gasteiger partial charge in [-0.05, 0) is 26.7 Å². The Morgan fingerprint density at radius 1 is 1.26 bits per heavy atom. The number of hydrogen-bond donors (Lipinski definition) is 0. The van der Waals surface area contributed by atoms with E-state index in [1.165, 1.54) is 17.2 Å². The SMILES string of the molecule is CC1=CN2C(=CN1Cc1csc(C)n1)CN=C2C1CCOCC1. The molecule has 5 nitrogen and oxygen atoms in total. The molecule has 0 bridgehead atoms. The van der Waals surface area contributed by atoms with Crippen LogP contribution in [0.25, 0.3) is 0 Å². The van der Waals surface area contributed by atoms with Crippen molar-refractivity contribution >= 4 is 17.2 Å². The van der Waals surface area contributed by atoms with Gasteiger partial charge in [-0.15, -0.1) is 11.3 Å². The first-order valence-electron chi connectivity index (χ1n) is 8.19. The molecule has 0 atom stereocenters. The second-order valence-corrected chi connectivity index (χ2v) is 7.37. The molecule has 1 fully saturated rings. The molecule has 122 valence electrons. The van der Waals surface area contributed by atoms with Crippen LogP contribution in [0.5, 0.6) is 0 Å². The first-order valence-corrected chi connectivity index (χ1v) is 9.07. The third kappa shape index (κ3) is 2.93. The molecule has 0 aliphatic carbocycles. The lowest BCUT2D eigenvalue weighted by Crippen LogP contribution is -2.35. The number of aliphatic imine (C=N–C) groups is 1. The molecule has 0 N–H and O–H groups in total. The van der Waals surface area contributed by atoms with Gasteiger partial charge in [-0.1, -0.05) is 0 Å². The molecule has 0 spiro atoms. The number of fused-ring (bicyclic) bond motifs is 1. The minimum Gasteiger partial charge on any atom is -0.381 e. The third-order valence-corrected chi connectivity index (χ3v) is 5.44. The quantitative estimate of drug-likeness (QED) is 0.854. The van der Waals surface area contributed by atoms with Crippen molar-refractivity contribution in [3.05, 3.63) is 39.9 Å². The van der Waals surface area contributed by atoms with Crippen molar-refractivity contribution in [3.8, 4) is 0 Å². The Labute approximate surface area is 141 Å². The molecule has 1 saturated heterocycles. The maximum atomic E-state index is 5.48. The fourth-order valence-electron chi connectivity index (χ4n) is 3.36. The van der Waals surface area contributed by atoms with Gasteiger partial charge in [0.25, 0.3) is 0 Å². The number of thiazole rings is 1. The standard InChI is InChI=1S/C17H22N4OS/c1-12-8-21-16(7-18-17(21)14-3-5-22-6-4-14)10-20(12)9-15-11-23-13(2)19-15/h8,10-11,14H,3-7,9H2,1-2H3. The fourth-order valence-corrected chi connectivity index (χ4v) is 3.97. The Morgan fingerprint density at radius 2 is 2.09 bits per heavy atom. The smallest absolute Gasteiger partial charge is 0.111 e. The zero-order chi connectivity index (χ0) is 15.8. The highest BCUT2D eigenvalue weighted by molar-refractivity contribution is 7.09. The second kappa shape index (κ2) is 6.09. The Morgan fingerprint density at radius 3 is 2.83 bits per heavy atom. The molecule has 3 aliphatic rings. The van der Waals surface area contributed by atoms with Crippen LogP contribution in [0.4, 0.5) is 0 Å². The monoisotopic (exact) mass is 330 g/mol. The number of aromatic nitrogens is 1. The van der Waals surface area contributed by atoms with Gasteiger partial charge in [0.2, 0.25) is 0 Å². The zero-order valence-corrected chi connectivity index (χ0v) is 14.5. The summed E-state index contributed by atoms with van der Waals surface area (Å²) in [7, 11) is 0. The van der Waals surface area contributed by atoms with Crippen LogP contribution in [0.2, 0.25) is 0 Å². The van der Waals surface area contributed by atoms with Crippen molar-refractivity contribution in [2.45, 2.75) is 33.2 Å². The molecular formula is C17H22N4OS. The lowest BCUT2D eigenvalue weighted by atomic mass is 9.98. The minimum absolute atomic E-state index is 0.534. The van der Waals surface area contributed by atoms with Gasteiger partial charge in [0.1, 0.15) is 5.84 Å². The van der Waals surface area contributed by atoms with Gasteiger partial charge in [-0.3, -0.25) is 4.99 Å². The average Bonchev–Trinajstić information content (AvgIpc) is 3.15. The van der Waals surface area contributed by atoms with Crippen LogP contribution in [0.3, 0.4) is 0 Å². The number of allylic oxidation sites excluding steroid dienone is 1. The van der Waals surface area contributed by atoms with Crippen molar-refractivity contribution in [2.24, 2.45) is 10.9 Å². The van der Waals surface area contributed by atoms with Crippen LogP contribution >= 0.6 is 11.3 Å². The van der Waals surface area contributed by atoms with Crippen LogP contribution < -0.4 is 0 Å². The summed E-state index contributed by atoms with van der Waals surface area (Å²) in [6.45, 7) is 7.54. The summed E-state index contributed by atoms with van der Waals surface area (Å²) in [5, 5.41) is 3.27. The molecule has 0 unspecified atom stereocenters. The highest BCUT2D eigenvalue weighted by Crippen LogP contribution is 2.30. The van der Waals surface area contributed by atoms with Crippen LogP contribution in [-0.2, 0) is 11.3 Å². The van der Waals surface area contributed by atoms with E-state index in [4.69, 9.17) is 9.73 Å². The Kier molecular flexibility index (Phi) is 3.95. The van der Waals surface area contributed by atoms with E-state index in [1.807, 2.05) is 0 Å². The van der Waals surface area contributed by atoms with Gasteiger partial charge in [0.15, 0.2) is 0 Å². The van der Waals surface area contributed by atoms with Gasteiger partial charge in [0, 0.05) is 42.6 Å². The number of amidine groups is 1. The molecule has 0 radical (unpaired) electrons. The molecule has 4 rings (SSSR count). The maximum absolute atomic E-state index is 5.48. The van der Waals surface area contributed by atoms with Gasteiger partial charge >= 0.3 is 0 Å². The average molecular weight is 330 g/mol. The Hall–Kier alpha value is -1.66. The molecule has 6 heteroatoms. The van der Waals surface area contributed by atoms with Crippen LogP contribution in [0.1, 0.15) is 30.5 Å². The van der Waals surface area contributed by atoms with Gasteiger partial charge in [-0.25, -0.2) is 4.98 Å². The number of nitrogens with zero attached hydrogens (tertiary/aromatic N) is 4. The minimum atomic E-state index is 0.534. The van der Waals surface area contributed by atoms with Gasteiger partial charge in [-0.2, -0.15) is 0 Å². The summed E-state index contributed by atoms with van der Waals surface area (Å²) in [6.07, 6.45) is 6.63. The van der Waals surface area contributed by atoms with E-state index in [1.54, 1.807) is 11.3 Å². The van der Waals surface area contributed by atoms with Crippen LogP contribution in [0, 0.1) is 12.8 Å². The molecule has 3 aliphatic heterocycles. The molecule has 0 aromatic carbocycles. The summed E-state index contributed by atoms with van der Waals surface area (Å²) in [5.41, 5.74) is 3.64. The van der Waals surface area contributed by atoms with E-state index < -0.39 is 0 Å². The van der Waals surface area contributed by atoms with Crippen molar-refractivity contribution in [2.75, 3.05) is 19.8 Å². The first-order chi connectivity index (χ1) is 11.2. The summed E-state index contributed by atoms with van der Waals surface area (Å²) >= 11 is 1.71. The molecule has 1 aromatic rings. The van der Waals surface area contributed by atoms with E-state index in [-0.39, 0.29) is 0 Å². The fraction of sp³-hybridized carbons (Fsp3) is 0.529. The zero-order valence-electron chi connectivity index (χ0n) is 13.7. The molecule has 0 saturated carbocycles. The van der Waals surface area contributed by atoms with Crippen LogP contribution in [-0.4, -0.2) is 40.4 Å². The number of ether oxygens (including phenoxy) is 1. The van der Waals surface area contributed by atoms with Crippen molar-refractivity contribution < 1.29 is 4.74 Å². The van der Waals surface area contributed by atoms with Gasteiger partial charge in [0.05, 0.1) is 29.5 Å². The number of rotatable bonds is 3. The lowest BCUT2D eigenvalue weighted by molar-refractivity contribution is 0.0811. The molecule has 1 aromatic heterocycles. The van der Waals surface area contributed by atoms with E-state index in [2.05, 4.69) is 46.4 Å². The van der Waals surface area contributed by atoms with E-state index in [9.17, 15) is 0 Å². The van der Waals surface area contributed by atoms with Crippen molar-refractivity contribution in [1.82, 2.24) is 14.8 Å². The Balaban J connectivity index is 1.50. The number of hydrogen-bond acceptors (Lipinski definition) is 6. The van der Waals surface area contributed by atoms with Crippen molar-refractivity contribution in [3.63, 3.8) is 0 Å².